The van der Waals surface area contributed by atoms with Crippen molar-refractivity contribution in [1.82, 2.24) is 9.88 Å². The molecule has 1 aliphatic heterocycles. The molecule has 2 aromatic rings. The Hall–Kier alpha value is -1.59. The molecular formula is C16H22N4S. The maximum Gasteiger partial charge on any atom is 0.151 e. The quantitative estimate of drug-likeness (QED) is 0.943. The lowest BCUT2D eigenvalue weighted by Crippen LogP contribution is -2.46. The van der Waals surface area contributed by atoms with E-state index in [0.717, 1.165) is 50.6 Å². The van der Waals surface area contributed by atoms with Crippen molar-refractivity contribution in [2.75, 3.05) is 36.8 Å². The van der Waals surface area contributed by atoms with Crippen LogP contribution in [0.4, 0.5) is 11.5 Å². The third-order valence-corrected chi connectivity index (χ3v) is 5.15. The number of hydrogen-bond donors (Lipinski definition) is 1. The lowest BCUT2D eigenvalue weighted by atomic mass is 10.2. The third kappa shape index (κ3) is 3.36. The second-order valence-corrected chi connectivity index (χ2v) is 6.65. The van der Waals surface area contributed by atoms with E-state index < -0.39 is 0 Å². The summed E-state index contributed by atoms with van der Waals surface area (Å²) < 4.78 is 0. The topological polar surface area (TPSA) is 45.4 Å². The molecule has 0 spiro atoms. The van der Waals surface area contributed by atoms with Crippen molar-refractivity contribution in [3.8, 4) is 0 Å². The molecule has 0 bridgehead atoms. The van der Waals surface area contributed by atoms with E-state index in [2.05, 4.69) is 33.8 Å². The summed E-state index contributed by atoms with van der Waals surface area (Å²) in [5, 5.41) is 0. The summed E-state index contributed by atoms with van der Waals surface area (Å²) >= 11 is 1.94. The summed E-state index contributed by atoms with van der Waals surface area (Å²) in [4.78, 5) is 12.2. The van der Waals surface area contributed by atoms with Gasteiger partial charge in [0.15, 0.2) is 5.82 Å². The van der Waals surface area contributed by atoms with Crippen LogP contribution in [0.25, 0.3) is 0 Å². The van der Waals surface area contributed by atoms with Crippen LogP contribution in [0.2, 0.25) is 0 Å². The van der Waals surface area contributed by atoms with Gasteiger partial charge in [0.2, 0.25) is 0 Å². The highest BCUT2D eigenvalue weighted by molar-refractivity contribution is 7.11. The molecular weight excluding hydrogens is 280 g/mol. The summed E-state index contributed by atoms with van der Waals surface area (Å²) in [6.45, 7) is 7.40. The molecule has 21 heavy (non-hydrogen) atoms. The molecule has 0 atom stereocenters. The first-order valence-corrected chi connectivity index (χ1v) is 8.33. The van der Waals surface area contributed by atoms with Crippen LogP contribution in [0, 0.1) is 0 Å². The van der Waals surface area contributed by atoms with Crippen LogP contribution in [0.1, 0.15) is 16.7 Å². The van der Waals surface area contributed by atoms with E-state index in [1.807, 2.05) is 29.7 Å². The van der Waals surface area contributed by atoms with E-state index in [-0.39, 0.29) is 0 Å². The van der Waals surface area contributed by atoms with E-state index in [1.165, 1.54) is 9.75 Å². The zero-order chi connectivity index (χ0) is 14.7. The van der Waals surface area contributed by atoms with Gasteiger partial charge in [-0.1, -0.05) is 6.92 Å². The second kappa shape index (κ2) is 6.45. The Kier molecular flexibility index (Phi) is 4.41. The first-order chi connectivity index (χ1) is 10.3. The van der Waals surface area contributed by atoms with Gasteiger partial charge in [-0.05, 0) is 30.7 Å². The molecule has 1 fully saturated rings. The van der Waals surface area contributed by atoms with Crippen molar-refractivity contribution in [3.63, 3.8) is 0 Å². The van der Waals surface area contributed by atoms with Crippen molar-refractivity contribution >= 4 is 22.8 Å². The summed E-state index contributed by atoms with van der Waals surface area (Å²) in [5.41, 5.74) is 6.79. The molecule has 0 amide bonds. The number of nitrogen functional groups attached to an aromatic ring is 1. The van der Waals surface area contributed by atoms with Crippen LogP contribution in [-0.4, -0.2) is 36.1 Å². The lowest BCUT2D eigenvalue weighted by Gasteiger charge is -2.35. The number of piperazine rings is 1. The Morgan fingerprint density at radius 3 is 2.57 bits per heavy atom. The van der Waals surface area contributed by atoms with Gasteiger partial charge in [0.25, 0.3) is 0 Å². The number of nitrogens with zero attached hydrogens (tertiary/aromatic N) is 3. The van der Waals surface area contributed by atoms with Crippen molar-refractivity contribution in [1.29, 1.82) is 0 Å². The molecule has 0 saturated carbocycles. The minimum absolute atomic E-state index is 0.775. The van der Waals surface area contributed by atoms with Crippen LogP contribution in [0.15, 0.2) is 30.5 Å². The van der Waals surface area contributed by atoms with Crippen molar-refractivity contribution < 1.29 is 0 Å². The Labute approximate surface area is 130 Å². The van der Waals surface area contributed by atoms with Crippen LogP contribution >= 0.6 is 11.3 Å². The minimum atomic E-state index is 0.775. The zero-order valence-electron chi connectivity index (χ0n) is 12.5. The number of rotatable bonds is 4. The van der Waals surface area contributed by atoms with Gasteiger partial charge in [0, 0.05) is 48.7 Å². The monoisotopic (exact) mass is 302 g/mol. The molecule has 2 N–H and O–H groups in total. The summed E-state index contributed by atoms with van der Waals surface area (Å²) in [6.07, 6.45) is 2.95. The van der Waals surface area contributed by atoms with Crippen molar-refractivity contribution in [2.45, 2.75) is 19.9 Å². The number of anilines is 2. The summed E-state index contributed by atoms with van der Waals surface area (Å²) in [6, 6.07) is 8.33. The average molecular weight is 302 g/mol. The smallest absolute Gasteiger partial charge is 0.151 e. The fourth-order valence-electron chi connectivity index (χ4n) is 2.71. The maximum atomic E-state index is 6.01. The van der Waals surface area contributed by atoms with Gasteiger partial charge in [0.05, 0.1) is 5.69 Å². The molecule has 3 heterocycles. The molecule has 1 saturated heterocycles. The molecule has 0 radical (unpaired) electrons. The predicted molar refractivity (Wildman–Crippen MR) is 89.8 cm³/mol. The van der Waals surface area contributed by atoms with E-state index in [4.69, 9.17) is 5.73 Å². The van der Waals surface area contributed by atoms with Crippen molar-refractivity contribution in [2.24, 2.45) is 0 Å². The maximum absolute atomic E-state index is 6.01. The number of thiophene rings is 1. The van der Waals surface area contributed by atoms with Crippen LogP contribution < -0.4 is 10.6 Å². The Balaban J connectivity index is 1.56. The SMILES string of the molecule is CCc1ccc(CN2CCN(c3ncccc3N)CC2)s1. The Morgan fingerprint density at radius 2 is 1.90 bits per heavy atom. The molecule has 3 rings (SSSR count). The van der Waals surface area contributed by atoms with Gasteiger partial charge >= 0.3 is 0 Å². The zero-order valence-corrected chi connectivity index (χ0v) is 13.3. The lowest BCUT2D eigenvalue weighted by molar-refractivity contribution is 0.251. The number of hydrogen-bond acceptors (Lipinski definition) is 5. The summed E-state index contributed by atoms with van der Waals surface area (Å²) in [5.74, 6) is 0.932. The highest BCUT2D eigenvalue weighted by Crippen LogP contribution is 2.23. The first kappa shape index (κ1) is 14.4. The van der Waals surface area contributed by atoms with Crippen molar-refractivity contribution in [3.05, 3.63) is 40.2 Å². The molecule has 5 heteroatoms. The van der Waals surface area contributed by atoms with Gasteiger partial charge < -0.3 is 10.6 Å². The normalized spacial score (nSPS) is 16.3. The molecule has 112 valence electrons. The summed E-state index contributed by atoms with van der Waals surface area (Å²) in [7, 11) is 0. The number of aromatic nitrogens is 1. The molecule has 0 aliphatic carbocycles. The number of nitrogens with two attached hydrogens (primary N) is 1. The van der Waals surface area contributed by atoms with E-state index in [9.17, 15) is 0 Å². The van der Waals surface area contributed by atoms with Gasteiger partial charge in [0.1, 0.15) is 0 Å². The average Bonchev–Trinajstić information content (AvgIpc) is 2.96. The number of aryl methyl sites for hydroxylation is 1. The van der Waals surface area contributed by atoms with Gasteiger partial charge in [-0.25, -0.2) is 4.98 Å². The second-order valence-electron chi connectivity index (χ2n) is 5.40. The van der Waals surface area contributed by atoms with Crippen LogP contribution in [-0.2, 0) is 13.0 Å². The Morgan fingerprint density at radius 1 is 1.14 bits per heavy atom. The van der Waals surface area contributed by atoms with E-state index in [0.29, 0.717) is 0 Å². The van der Waals surface area contributed by atoms with Crippen LogP contribution in [0.5, 0.6) is 0 Å². The van der Waals surface area contributed by atoms with Gasteiger partial charge in [-0.15, -0.1) is 11.3 Å². The Bertz CT molecular complexity index is 587. The first-order valence-electron chi connectivity index (χ1n) is 7.51. The highest BCUT2D eigenvalue weighted by Gasteiger charge is 2.19. The van der Waals surface area contributed by atoms with E-state index >= 15 is 0 Å². The molecule has 0 unspecified atom stereocenters. The third-order valence-electron chi connectivity index (χ3n) is 3.93. The van der Waals surface area contributed by atoms with Crippen LogP contribution in [0.3, 0.4) is 0 Å². The molecule has 2 aromatic heterocycles. The molecule has 4 nitrogen and oxygen atoms in total. The molecule has 1 aliphatic rings. The predicted octanol–water partition coefficient (Wildman–Crippen LogP) is 2.61. The highest BCUT2D eigenvalue weighted by atomic mass is 32.1. The van der Waals surface area contributed by atoms with Gasteiger partial charge in [-0.3, -0.25) is 4.90 Å². The number of pyridine rings is 1. The fraction of sp³-hybridized carbons (Fsp3) is 0.438. The van der Waals surface area contributed by atoms with E-state index in [1.54, 1.807) is 0 Å². The standard InChI is InChI=1S/C16H22N4S/c1-2-13-5-6-14(21-13)12-19-8-10-20(11-9-19)16-15(17)4-3-7-18-16/h3-7H,2,8-12,17H2,1H3. The van der Waals surface area contributed by atoms with Gasteiger partial charge in [-0.2, -0.15) is 0 Å². The molecule has 0 aromatic carbocycles. The minimum Gasteiger partial charge on any atom is -0.396 e. The fourth-order valence-corrected chi connectivity index (χ4v) is 3.71. The largest absolute Gasteiger partial charge is 0.396 e.